The van der Waals surface area contributed by atoms with Gasteiger partial charge in [0, 0.05) is 6.54 Å². The molecule has 6 heteroatoms. The maximum absolute atomic E-state index is 12.8. The molecule has 0 N–H and O–H groups in total. The van der Waals surface area contributed by atoms with E-state index < -0.39 is 15.6 Å². The van der Waals surface area contributed by atoms with Crippen LogP contribution in [0.15, 0.2) is 29.2 Å². The molecule has 1 fully saturated rings. The number of hydrogen-bond donors (Lipinski definition) is 0. The summed E-state index contributed by atoms with van der Waals surface area (Å²) in [7, 11) is -3.61. The summed E-state index contributed by atoms with van der Waals surface area (Å²) < 4.78 is 32.5. The van der Waals surface area contributed by atoms with E-state index in [1.807, 2.05) is 20.8 Å². The smallest absolute Gasteiger partial charge is 0.245 e. The van der Waals surface area contributed by atoms with Gasteiger partial charge in [-0.25, -0.2) is 8.42 Å². The molecule has 0 bridgehead atoms. The molecular weight excluding hydrogens is 286 g/mol. The van der Waals surface area contributed by atoms with Crippen LogP contribution in [0, 0.1) is 0 Å². The fourth-order valence-corrected chi connectivity index (χ4v) is 4.49. The fraction of sp³-hybridized carbons (Fsp3) is 0.538. The summed E-state index contributed by atoms with van der Waals surface area (Å²) in [6, 6.07) is 6.52. The third-order valence-electron chi connectivity index (χ3n) is 3.22. The molecule has 1 atom stereocenters. The number of halogens is 1. The second-order valence-electron chi connectivity index (χ2n) is 5.40. The summed E-state index contributed by atoms with van der Waals surface area (Å²) >= 11 is 6.02. The molecule has 0 saturated carbocycles. The van der Waals surface area contributed by atoms with Crippen LogP contribution in [0.3, 0.4) is 0 Å². The Hall–Kier alpha value is -0.620. The first kappa shape index (κ1) is 14.8. The lowest BCUT2D eigenvalue weighted by Gasteiger charge is -2.43. The summed E-state index contributed by atoms with van der Waals surface area (Å²) in [6.07, 6.45) is -0.120. The predicted molar refractivity (Wildman–Crippen MR) is 74.8 cm³/mol. The Balaban J connectivity index is 2.47. The van der Waals surface area contributed by atoms with Crippen molar-refractivity contribution in [2.24, 2.45) is 0 Å². The van der Waals surface area contributed by atoms with Crippen molar-refractivity contribution in [2.45, 2.75) is 37.3 Å². The Kier molecular flexibility index (Phi) is 3.93. The topological polar surface area (TPSA) is 46.6 Å². The third kappa shape index (κ3) is 2.79. The largest absolute Gasteiger partial charge is 0.375 e. The minimum Gasteiger partial charge on any atom is -0.375 e. The summed E-state index contributed by atoms with van der Waals surface area (Å²) in [6.45, 7) is 6.28. The molecule has 0 spiro atoms. The quantitative estimate of drug-likeness (QED) is 0.843. The number of morpholine rings is 1. The van der Waals surface area contributed by atoms with Gasteiger partial charge in [0.2, 0.25) is 10.0 Å². The Morgan fingerprint density at radius 3 is 2.63 bits per heavy atom. The van der Waals surface area contributed by atoms with Crippen LogP contribution in [0.5, 0.6) is 0 Å². The molecule has 0 radical (unpaired) electrons. The van der Waals surface area contributed by atoms with E-state index in [-0.39, 0.29) is 16.0 Å². The number of nitrogens with zero attached hydrogens (tertiary/aromatic N) is 1. The first-order valence-corrected chi connectivity index (χ1v) is 7.96. The molecule has 0 aliphatic carbocycles. The molecule has 1 aromatic carbocycles. The number of sulfonamides is 1. The highest BCUT2D eigenvalue weighted by Gasteiger charge is 2.42. The van der Waals surface area contributed by atoms with Crippen molar-refractivity contribution < 1.29 is 13.2 Å². The van der Waals surface area contributed by atoms with Gasteiger partial charge in [-0.1, -0.05) is 23.7 Å². The maximum Gasteiger partial charge on any atom is 0.245 e. The van der Waals surface area contributed by atoms with Crippen LogP contribution in [0.25, 0.3) is 0 Å². The molecule has 1 saturated heterocycles. The highest BCUT2D eigenvalue weighted by Crippen LogP contribution is 2.32. The summed E-state index contributed by atoms with van der Waals surface area (Å²) in [5, 5.41) is 0.248. The van der Waals surface area contributed by atoms with Crippen LogP contribution < -0.4 is 0 Å². The summed E-state index contributed by atoms with van der Waals surface area (Å²) in [4.78, 5) is 0.152. The fourth-order valence-electron chi connectivity index (χ4n) is 2.15. The molecule has 1 heterocycles. The van der Waals surface area contributed by atoms with Crippen molar-refractivity contribution in [3.05, 3.63) is 29.3 Å². The molecule has 1 aliphatic rings. The van der Waals surface area contributed by atoms with E-state index in [9.17, 15) is 8.42 Å². The number of benzene rings is 1. The van der Waals surface area contributed by atoms with Crippen LogP contribution in [0.2, 0.25) is 5.02 Å². The van der Waals surface area contributed by atoms with Crippen LogP contribution in [0.4, 0.5) is 0 Å². The second kappa shape index (κ2) is 5.05. The van der Waals surface area contributed by atoms with Gasteiger partial charge in [0.1, 0.15) is 4.90 Å². The van der Waals surface area contributed by atoms with Crippen molar-refractivity contribution in [1.82, 2.24) is 4.31 Å². The zero-order valence-corrected chi connectivity index (χ0v) is 12.8. The van der Waals surface area contributed by atoms with E-state index in [1.54, 1.807) is 18.2 Å². The molecular formula is C13H18ClNO3S. The van der Waals surface area contributed by atoms with E-state index in [4.69, 9.17) is 16.3 Å². The Labute approximate surface area is 119 Å². The first-order valence-electron chi connectivity index (χ1n) is 6.14. The Bertz CT molecular complexity index is 571. The first-order chi connectivity index (χ1) is 8.75. The lowest BCUT2D eigenvalue weighted by atomic mass is 10.1. The SMILES string of the molecule is CC1CN(S(=O)(=O)c2ccccc2Cl)C(C)(C)CO1. The summed E-state index contributed by atoms with van der Waals surface area (Å²) in [5.74, 6) is 0. The third-order valence-corrected chi connectivity index (χ3v) is 5.80. The zero-order chi connectivity index (χ0) is 14.3. The van der Waals surface area contributed by atoms with Crippen molar-refractivity contribution in [2.75, 3.05) is 13.2 Å². The lowest BCUT2D eigenvalue weighted by molar-refractivity contribution is -0.0551. The molecule has 19 heavy (non-hydrogen) atoms. The highest BCUT2D eigenvalue weighted by molar-refractivity contribution is 7.89. The van der Waals surface area contributed by atoms with Gasteiger partial charge in [-0.15, -0.1) is 0 Å². The molecule has 106 valence electrons. The van der Waals surface area contributed by atoms with Gasteiger partial charge in [-0.05, 0) is 32.9 Å². The van der Waals surface area contributed by atoms with Crippen LogP contribution in [-0.4, -0.2) is 37.5 Å². The second-order valence-corrected chi connectivity index (χ2v) is 7.64. The Morgan fingerprint density at radius 1 is 1.37 bits per heavy atom. The zero-order valence-electron chi connectivity index (χ0n) is 11.3. The van der Waals surface area contributed by atoms with E-state index in [0.29, 0.717) is 13.2 Å². The molecule has 0 amide bonds. The molecule has 2 rings (SSSR count). The van der Waals surface area contributed by atoms with Crippen LogP contribution in [0.1, 0.15) is 20.8 Å². The maximum atomic E-state index is 12.8. The van der Waals surface area contributed by atoms with Crippen LogP contribution in [-0.2, 0) is 14.8 Å². The van der Waals surface area contributed by atoms with Crippen LogP contribution >= 0.6 is 11.6 Å². The normalized spacial score (nSPS) is 24.3. The minimum absolute atomic E-state index is 0.120. The van der Waals surface area contributed by atoms with Crippen molar-refractivity contribution in [1.29, 1.82) is 0 Å². The van der Waals surface area contributed by atoms with Gasteiger partial charge >= 0.3 is 0 Å². The van der Waals surface area contributed by atoms with E-state index in [2.05, 4.69) is 0 Å². The van der Waals surface area contributed by atoms with Gasteiger partial charge in [0.05, 0.1) is 23.3 Å². The molecule has 4 nitrogen and oxygen atoms in total. The predicted octanol–water partition coefficient (Wildman–Crippen LogP) is 2.53. The number of hydrogen-bond acceptors (Lipinski definition) is 3. The van der Waals surface area contributed by atoms with Crippen molar-refractivity contribution >= 4 is 21.6 Å². The lowest BCUT2D eigenvalue weighted by Crippen LogP contribution is -2.57. The number of rotatable bonds is 2. The van der Waals surface area contributed by atoms with E-state index in [1.165, 1.54) is 10.4 Å². The van der Waals surface area contributed by atoms with Gasteiger partial charge in [-0.3, -0.25) is 0 Å². The average Bonchev–Trinajstić information content (AvgIpc) is 2.32. The standard InChI is InChI=1S/C13H18ClNO3S/c1-10-8-15(13(2,3)9-18-10)19(16,17)12-7-5-4-6-11(12)14/h4-7,10H,8-9H2,1-3H3. The molecule has 1 aliphatic heterocycles. The molecule has 0 aromatic heterocycles. The van der Waals surface area contributed by atoms with Gasteiger partial charge in [0.15, 0.2) is 0 Å². The highest BCUT2D eigenvalue weighted by atomic mass is 35.5. The Morgan fingerprint density at radius 2 is 2.00 bits per heavy atom. The van der Waals surface area contributed by atoms with Gasteiger partial charge in [-0.2, -0.15) is 4.31 Å². The molecule has 1 unspecified atom stereocenters. The van der Waals surface area contributed by atoms with Gasteiger partial charge in [0.25, 0.3) is 0 Å². The van der Waals surface area contributed by atoms with E-state index >= 15 is 0 Å². The van der Waals surface area contributed by atoms with Gasteiger partial charge < -0.3 is 4.74 Å². The number of ether oxygens (including phenoxy) is 1. The monoisotopic (exact) mass is 303 g/mol. The van der Waals surface area contributed by atoms with Crippen molar-refractivity contribution in [3.63, 3.8) is 0 Å². The minimum atomic E-state index is -3.61. The summed E-state index contributed by atoms with van der Waals surface area (Å²) in [5.41, 5.74) is -0.579. The van der Waals surface area contributed by atoms with Crippen molar-refractivity contribution in [3.8, 4) is 0 Å². The molecule has 1 aromatic rings. The average molecular weight is 304 g/mol. The van der Waals surface area contributed by atoms with E-state index in [0.717, 1.165) is 0 Å².